The second kappa shape index (κ2) is 7.81. The van der Waals surface area contributed by atoms with Gasteiger partial charge in [-0.3, -0.25) is 0 Å². The summed E-state index contributed by atoms with van der Waals surface area (Å²) in [5.74, 6) is 1.41. The molecule has 2 unspecified atom stereocenters. The first-order valence-corrected chi connectivity index (χ1v) is 8.93. The van der Waals surface area contributed by atoms with E-state index in [4.69, 9.17) is 0 Å². The zero-order chi connectivity index (χ0) is 13.0. The summed E-state index contributed by atoms with van der Waals surface area (Å²) in [5, 5.41) is 3.34. The lowest BCUT2D eigenvalue weighted by Gasteiger charge is -2.29. The monoisotopic (exact) mass is 310 g/mol. The predicted molar refractivity (Wildman–Crippen MR) is 81.2 cm³/mol. The number of rotatable bonds is 6. The van der Waals surface area contributed by atoms with E-state index in [1.54, 1.807) is 0 Å². The van der Waals surface area contributed by atoms with Crippen molar-refractivity contribution in [2.45, 2.75) is 51.5 Å². The Labute approximate surface area is 123 Å². The number of hydrogen-bond acceptors (Lipinski definition) is 3. The van der Waals surface area contributed by atoms with Gasteiger partial charge in [0.2, 0.25) is 10.0 Å². The fraction of sp³-hybridized carbons (Fsp3) is 1.00. The molecule has 0 aromatic carbocycles. The van der Waals surface area contributed by atoms with Crippen molar-refractivity contribution in [3.05, 3.63) is 0 Å². The van der Waals surface area contributed by atoms with Gasteiger partial charge in [0, 0.05) is 6.04 Å². The summed E-state index contributed by atoms with van der Waals surface area (Å²) in [6.07, 6.45) is 6.83. The van der Waals surface area contributed by atoms with Crippen molar-refractivity contribution in [3.63, 3.8) is 0 Å². The van der Waals surface area contributed by atoms with Crippen LogP contribution in [0.25, 0.3) is 0 Å². The second-order valence-corrected chi connectivity index (χ2v) is 7.79. The first-order valence-electron chi connectivity index (χ1n) is 7.27. The van der Waals surface area contributed by atoms with Crippen molar-refractivity contribution in [2.75, 3.05) is 18.8 Å². The van der Waals surface area contributed by atoms with E-state index in [1.165, 1.54) is 19.3 Å². The number of piperidine rings is 1. The Morgan fingerprint density at radius 1 is 1.26 bits per heavy atom. The molecule has 2 fully saturated rings. The molecule has 1 saturated carbocycles. The van der Waals surface area contributed by atoms with Crippen LogP contribution in [0.15, 0.2) is 0 Å². The lowest BCUT2D eigenvalue weighted by Crippen LogP contribution is -2.45. The van der Waals surface area contributed by atoms with E-state index in [0.29, 0.717) is 17.6 Å². The summed E-state index contributed by atoms with van der Waals surface area (Å²) < 4.78 is 26.9. The molecule has 4 nitrogen and oxygen atoms in total. The minimum atomic E-state index is -3.08. The average molecular weight is 311 g/mol. The molecule has 114 valence electrons. The van der Waals surface area contributed by atoms with Crippen molar-refractivity contribution >= 4 is 22.4 Å². The van der Waals surface area contributed by atoms with Gasteiger partial charge in [0.05, 0.1) is 5.75 Å². The third-order valence-corrected chi connectivity index (χ3v) is 5.93. The van der Waals surface area contributed by atoms with Crippen molar-refractivity contribution in [3.8, 4) is 0 Å². The van der Waals surface area contributed by atoms with Crippen LogP contribution in [0.3, 0.4) is 0 Å². The van der Waals surface area contributed by atoms with Gasteiger partial charge in [-0.2, -0.15) is 0 Å². The van der Waals surface area contributed by atoms with Crippen LogP contribution in [-0.4, -0.2) is 33.3 Å². The standard InChI is InChI=1S/C13H26N2O2S.ClH/c1-11(13-6-3-8-14-10-13)15-18(16,17)9-7-12-4-2-5-12;/h11-15H,2-10H2,1H3;1H. The Hall–Kier alpha value is 0.160. The molecule has 6 heteroatoms. The Balaban J connectivity index is 0.00000180. The van der Waals surface area contributed by atoms with Gasteiger partial charge in [0.1, 0.15) is 0 Å². The molecule has 0 spiro atoms. The van der Waals surface area contributed by atoms with Gasteiger partial charge in [-0.25, -0.2) is 13.1 Å². The van der Waals surface area contributed by atoms with E-state index in [-0.39, 0.29) is 18.4 Å². The maximum Gasteiger partial charge on any atom is 0.211 e. The van der Waals surface area contributed by atoms with Crippen LogP contribution in [0, 0.1) is 11.8 Å². The van der Waals surface area contributed by atoms with Gasteiger partial charge in [-0.1, -0.05) is 19.3 Å². The van der Waals surface area contributed by atoms with Crippen LogP contribution < -0.4 is 10.0 Å². The Bertz CT molecular complexity index is 352. The van der Waals surface area contributed by atoms with E-state index < -0.39 is 10.0 Å². The Kier molecular flexibility index (Phi) is 7.08. The molecule has 2 N–H and O–H groups in total. The van der Waals surface area contributed by atoms with Gasteiger partial charge >= 0.3 is 0 Å². The number of nitrogens with one attached hydrogen (secondary N) is 2. The molecule has 1 saturated heterocycles. The second-order valence-electron chi connectivity index (χ2n) is 5.92. The summed E-state index contributed by atoms with van der Waals surface area (Å²) in [6.45, 7) is 4.00. The molecule has 1 aliphatic carbocycles. The summed E-state index contributed by atoms with van der Waals surface area (Å²) in [7, 11) is -3.08. The molecule has 0 aromatic rings. The minimum Gasteiger partial charge on any atom is -0.316 e. The first kappa shape index (κ1) is 17.2. The van der Waals surface area contributed by atoms with E-state index in [1.807, 2.05) is 6.92 Å². The summed E-state index contributed by atoms with van der Waals surface area (Å²) in [6, 6.07) is 0.0594. The lowest BCUT2D eigenvalue weighted by molar-refractivity contribution is 0.304. The zero-order valence-electron chi connectivity index (χ0n) is 11.7. The Morgan fingerprint density at radius 2 is 2.00 bits per heavy atom. The molecule has 0 bridgehead atoms. The van der Waals surface area contributed by atoms with E-state index in [0.717, 1.165) is 32.4 Å². The summed E-state index contributed by atoms with van der Waals surface area (Å²) in [5.41, 5.74) is 0. The fourth-order valence-electron chi connectivity index (χ4n) is 2.85. The topological polar surface area (TPSA) is 58.2 Å². The van der Waals surface area contributed by atoms with Crippen LogP contribution in [0.4, 0.5) is 0 Å². The Morgan fingerprint density at radius 3 is 2.53 bits per heavy atom. The molecule has 0 aromatic heterocycles. The quantitative estimate of drug-likeness (QED) is 0.788. The van der Waals surface area contributed by atoms with Crippen molar-refractivity contribution < 1.29 is 8.42 Å². The molecule has 19 heavy (non-hydrogen) atoms. The molecular weight excluding hydrogens is 284 g/mol. The lowest BCUT2D eigenvalue weighted by atomic mass is 9.84. The largest absolute Gasteiger partial charge is 0.316 e. The van der Waals surface area contributed by atoms with E-state index >= 15 is 0 Å². The van der Waals surface area contributed by atoms with E-state index in [9.17, 15) is 8.42 Å². The van der Waals surface area contributed by atoms with Crippen LogP contribution in [0.1, 0.15) is 45.4 Å². The molecule has 2 aliphatic rings. The molecular formula is C13H27ClN2O2S. The molecule has 2 atom stereocenters. The zero-order valence-corrected chi connectivity index (χ0v) is 13.4. The number of halogens is 1. The average Bonchev–Trinajstić information content (AvgIpc) is 2.27. The van der Waals surface area contributed by atoms with Crippen molar-refractivity contribution in [1.29, 1.82) is 0 Å². The highest BCUT2D eigenvalue weighted by molar-refractivity contribution is 7.89. The minimum absolute atomic E-state index is 0. The molecule has 2 rings (SSSR count). The molecule has 0 amide bonds. The van der Waals surface area contributed by atoms with Crippen LogP contribution >= 0.6 is 12.4 Å². The molecule has 1 heterocycles. The third kappa shape index (κ3) is 5.58. The summed E-state index contributed by atoms with van der Waals surface area (Å²) in [4.78, 5) is 0. The van der Waals surface area contributed by atoms with Gasteiger partial charge < -0.3 is 5.32 Å². The van der Waals surface area contributed by atoms with Gasteiger partial charge in [0.25, 0.3) is 0 Å². The van der Waals surface area contributed by atoms with Crippen LogP contribution in [0.5, 0.6) is 0 Å². The molecule has 1 aliphatic heterocycles. The molecule has 0 radical (unpaired) electrons. The summed E-state index contributed by atoms with van der Waals surface area (Å²) >= 11 is 0. The fourth-order valence-corrected chi connectivity index (χ4v) is 4.37. The third-order valence-electron chi connectivity index (χ3n) is 4.43. The number of sulfonamides is 1. The van der Waals surface area contributed by atoms with Gasteiger partial charge in [0.15, 0.2) is 0 Å². The number of hydrogen-bond donors (Lipinski definition) is 2. The van der Waals surface area contributed by atoms with Crippen LogP contribution in [0.2, 0.25) is 0 Å². The SMILES string of the molecule is CC(NS(=O)(=O)CCC1CCC1)C1CCCNC1.Cl. The van der Waals surface area contributed by atoms with Crippen molar-refractivity contribution in [1.82, 2.24) is 10.0 Å². The highest BCUT2D eigenvalue weighted by Gasteiger charge is 2.25. The maximum absolute atomic E-state index is 12.0. The maximum atomic E-state index is 12.0. The van der Waals surface area contributed by atoms with Crippen molar-refractivity contribution in [2.24, 2.45) is 11.8 Å². The van der Waals surface area contributed by atoms with Gasteiger partial charge in [-0.05, 0) is 51.1 Å². The van der Waals surface area contributed by atoms with Crippen LogP contribution in [-0.2, 0) is 10.0 Å². The first-order chi connectivity index (χ1) is 8.57. The predicted octanol–water partition coefficient (Wildman–Crippen LogP) is 1.91. The van der Waals surface area contributed by atoms with E-state index in [2.05, 4.69) is 10.0 Å². The normalized spacial score (nSPS) is 26.3. The van der Waals surface area contributed by atoms with Gasteiger partial charge in [-0.15, -0.1) is 12.4 Å². The highest BCUT2D eigenvalue weighted by atomic mass is 35.5. The smallest absolute Gasteiger partial charge is 0.211 e. The highest BCUT2D eigenvalue weighted by Crippen LogP contribution is 2.29.